The number of benzene rings is 1. The number of amides is 1. The van der Waals surface area contributed by atoms with Crippen molar-refractivity contribution in [2.24, 2.45) is 11.8 Å². The Morgan fingerprint density at radius 1 is 1.37 bits per heavy atom. The number of carbonyl (C=O) groups excluding carboxylic acids is 1. The summed E-state index contributed by atoms with van der Waals surface area (Å²) in [5, 5.41) is 12.2. The minimum Gasteiger partial charge on any atom is -0.335 e. The molecule has 2 aliphatic heterocycles. The molecule has 3 rings (SSSR count). The van der Waals surface area contributed by atoms with Crippen LogP contribution in [0.1, 0.15) is 22.8 Å². The molecule has 2 heterocycles. The number of nitrogens with one attached hydrogen (secondary N) is 1. The lowest BCUT2D eigenvalue weighted by atomic mass is 9.95. The maximum Gasteiger partial charge on any atom is 0.254 e. The molecule has 2 saturated heterocycles. The number of fused-ring (bicyclic) bond motifs is 1. The Bertz CT molecular complexity index is 531. The van der Waals surface area contributed by atoms with Gasteiger partial charge in [-0.05, 0) is 43.0 Å². The SMILES string of the molecule is CC1C2CNCC2CN1C(=O)c1ccc(C#N)cc1. The third-order valence-corrected chi connectivity index (χ3v) is 4.46. The first-order valence-electron chi connectivity index (χ1n) is 6.72. The minimum atomic E-state index is 0.0892. The number of nitrogens with zero attached hydrogens (tertiary/aromatic N) is 2. The van der Waals surface area contributed by atoms with Crippen LogP contribution in [-0.4, -0.2) is 36.5 Å². The van der Waals surface area contributed by atoms with Gasteiger partial charge in [0.25, 0.3) is 5.91 Å². The third-order valence-electron chi connectivity index (χ3n) is 4.46. The van der Waals surface area contributed by atoms with E-state index < -0.39 is 0 Å². The molecule has 0 bridgehead atoms. The average molecular weight is 255 g/mol. The Hall–Kier alpha value is -1.86. The summed E-state index contributed by atoms with van der Waals surface area (Å²) >= 11 is 0. The van der Waals surface area contributed by atoms with E-state index in [1.54, 1.807) is 24.3 Å². The van der Waals surface area contributed by atoms with Crippen molar-refractivity contribution in [3.63, 3.8) is 0 Å². The van der Waals surface area contributed by atoms with Crippen molar-refractivity contribution in [1.82, 2.24) is 10.2 Å². The monoisotopic (exact) mass is 255 g/mol. The molecule has 4 nitrogen and oxygen atoms in total. The Balaban J connectivity index is 1.79. The largest absolute Gasteiger partial charge is 0.335 e. The molecule has 98 valence electrons. The van der Waals surface area contributed by atoms with Crippen LogP contribution >= 0.6 is 0 Å². The van der Waals surface area contributed by atoms with Crippen LogP contribution in [0.4, 0.5) is 0 Å². The fourth-order valence-corrected chi connectivity index (χ4v) is 3.29. The van der Waals surface area contributed by atoms with Gasteiger partial charge in [-0.15, -0.1) is 0 Å². The third kappa shape index (κ3) is 2.00. The summed E-state index contributed by atoms with van der Waals surface area (Å²) in [6.45, 7) is 5.02. The molecule has 3 atom stereocenters. The first-order chi connectivity index (χ1) is 9.20. The topological polar surface area (TPSA) is 56.1 Å². The lowest BCUT2D eigenvalue weighted by molar-refractivity contribution is 0.0728. The second-order valence-electron chi connectivity index (χ2n) is 5.47. The Labute approximate surface area is 113 Å². The van der Waals surface area contributed by atoms with Gasteiger partial charge in [0.1, 0.15) is 0 Å². The van der Waals surface area contributed by atoms with Crippen molar-refractivity contribution in [3.05, 3.63) is 35.4 Å². The fraction of sp³-hybridized carbons (Fsp3) is 0.467. The van der Waals surface area contributed by atoms with Crippen LogP contribution in [-0.2, 0) is 0 Å². The van der Waals surface area contributed by atoms with Gasteiger partial charge in [0, 0.05) is 31.2 Å². The number of nitriles is 1. The highest BCUT2D eigenvalue weighted by Gasteiger charge is 2.43. The van der Waals surface area contributed by atoms with E-state index in [-0.39, 0.29) is 5.91 Å². The van der Waals surface area contributed by atoms with Crippen molar-refractivity contribution < 1.29 is 4.79 Å². The summed E-state index contributed by atoms with van der Waals surface area (Å²) in [6, 6.07) is 9.27. The highest BCUT2D eigenvalue weighted by atomic mass is 16.2. The van der Waals surface area contributed by atoms with Crippen molar-refractivity contribution >= 4 is 5.91 Å². The molecule has 0 aliphatic carbocycles. The van der Waals surface area contributed by atoms with Crippen molar-refractivity contribution in [2.75, 3.05) is 19.6 Å². The zero-order valence-corrected chi connectivity index (χ0v) is 11.0. The predicted octanol–water partition coefficient (Wildman–Crippen LogP) is 1.24. The number of likely N-dealkylation sites (tertiary alicyclic amines) is 1. The van der Waals surface area contributed by atoms with Gasteiger partial charge < -0.3 is 10.2 Å². The molecule has 0 spiro atoms. The molecule has 2 aliphatic rings. The summed E-state index contributed by atoms with van der Waals surface area (Å²) in [5.41, 5.74) is 1.27. The molecule has 3 unspecified atom stereocenters. The van der Waals surface area contributed by atoms with E-state index in [0.717, 1.165) is 19.6 Å². The lowest BCUT2D eigenvalue weighted by Crippen LogP contribution is -2.38. The first kappa shape index (κ1) is 12.2. The van der Waals surface area contributed by atoms with Crippen LogP contribution in [0.15, 0.2) is 24.3 Å². The van der Waals surface area contributed by atoms with E-state index in [1.807, 2.05) is 4.90 Å². The summed E-state index contributed by atoms with van der Waals surface area (Å²) in [5.74, 6) is 1.27. The van der Waals surface area contributed by atoms with E-state index in [0.29, 0.717) is 29.0 Å². The summed E-state index contributed by atoms with van der Waals surface area (Å²) in [6.07, 6.45) is 0. The fourth-order valence-electron chi connectivity index (χ4n) is 3.29. The first-order valence-corrected chi connectivity index (χ1v) is 6.72. The van der Waals surface area contributed by atoms with Crippen molar-refractivity contribution in [1.29, 1.82) is 5.26 Å². The van der Waals surface area contributed by atoms with Gasteiger partial charge in [0.2, 0.25) is 0 Å². The van der Waals surface area contributed by atoms with Crippen LogP contribution in [0, 0.1) is 23.2 Å². The number of rotatable bonds is 1. The summed E-state index contributed by atoms with van der Waals surface area (Å²) < 4.78 is 0. The number of hydrogen-bond donors (Lipinski definition) is 1. The van der Waals surface area contributed by atoms with Crippen molar-refractivity contribution in [2.45, 2.75) is 13.0 Å². The Morgan fingerprint density at radius 3 is 2.74 bits per heavy atom. The normalized spacial score (nSPS) is 29.1. The van der Waals surface area contributed by atoms with E-state index >= 15 is 0 Å². The quantitative estimate of drug-likeness (QED) is 0.821. The summed E-state index contributed by atoms with van der Waals surface area (Å²) in [7, 11) is 0. The van der Waals surface area contributed by atoms with E-state index in [1.165, 1.54) is 0 Å². The van der Waals surface area contributed by atoms with Crippen LogP contribution < -0.4 is 5.32 Å². The highest BCUT2D eigenvalue weighted by Crippen LogP contribution is 2.33. The van der Waals surface area contributed by atoms with Crippen LogP contribution in [0.25, 0.3) is 0 Å². The van der Waals surface area contributed by atoms with Gasteiger partial charge in [-0.25, -0.2) is 0 Å². The molecular formula is C15H17N3O. The summed E-state index contributed by atoms with van der Waals surface area (Å²) in [4.78, 5) is 14.5. The minimum absolute atomic E-state index is 0.0892. The van der Waals surface area contributed by atoms with Gasteiger partial charge in [0.05, 0.1) is 11.6 Å². The molecule has 1 aromatic carbocycles. The molecule has 2 fully saturated rings. The van der Waals surface area contributed by atoms with Gasteiger partial charge in [-0.3, -0.25) is 4.79 Å². The maximum atomic E-state index is 12.5. The molecule has 4 heteroatoms. The highest BCUT2D eigenvalue weighted by molar-refractivity contribution is 5.94. The predicted molar refractivity (Wildman–Crippen MR) is 71.5 cm³/mol. The average Bonchev–Trinajstić information content (AvgIpc) is 3.02. The Morgan fingerprint density at radius 2 is 2.11 bits per heavy atom. The number of carbonyl (C=O) groups is 1. The molecule has 1 amide bonds. The molecule has 19 heavy (non-hydrogen) atoms. The van der Waals surface area contributed by atoms with Crippen LogP contribution in [0.2, 0.25) is 0 Å². The van der Waals surface area contributed by atoms with E-state index in [9.17, 15) is 4.79 Å². The van der Waals surface area contributed by atoms with Gasteiger partial charge >= 0.3 is 0 Å². The molecule has 0 radical (unpaired) electrons. The number of hydrogen-bond acceptors (Lipinski definition) is 3. The molecule has 0 aromatic heterocycles. The maximum absolute atomic E-state index is 12.5. The second kappa shape index (κ2) is 4.67. The van der Waals surface area contributed by atoms with Gasteiger partial charge in [-0.1, -0.05) is 0 Å². The van der Waals surface area contributed by atoms with E-state index in [2.05, 4.69) is 18.3 Å². The lowest BCUT2D eigenvalue weighted by Gasteiger charge is -2.24. The Kier molecular flexibility index (Phi) is 3.00. The van der Waals surface area contributed by atoms with Crippen LogP contribution in [0.3, 0.4) is 0 Å². The second-order valence-corrected chi connectivity index (χ2v) is 5.47. The van der Waals surface area contributed by atoms with Gasteiger partial charge in [0.15, 0.2) is 0 Å². The van der Waals surface area contributed by atoms with Crippen molar-refractivity contribution in [3.8, 4) is 6.07 Å². The molecule has 0 saturated carbocycles. The zero-order valence-electron chi connectivity index (χ0n) is 11.0. The molecular weight excluding hydrogens is 238 g/mol. The van der Waals surface area contributed by atoms with Gasteiger partial charge in [-0.2, -0.15) is 5.26 Å². The van der Waals surface area contributed by atoms with Crippen LogP contribution in [0.5, 0.6) is 0 Å². The standard InChI is InChI=1S/C15H17N3O/c1-10-14-8-17-7-13(14)9-18(10)15(19)12-4-2-11(6-16)3-5-12/h2-5,10,13-14,17H,7-9H2,1H3. The molecule has 1 aromatic rings. The molecule has 1 N–H and O–H groups in total. The van der Waals surface area contributed by atoms with E-state index in [4.69, 9.17) is 5.26 Å². The smallest absolute Gasteiger partial charge is 0.254 e. The zero-order chi connectivity index (χ0) is 13.4.